The zero-order chi connectivity index (χ0) is 13.3. The van der Waals surface area contributed by atoms with E-state index in [0.717, 1.165) is 13.8 Å². The average molecular weight is 268 g/mol. The molecular formula is C10H11F3O3S. The fourth-order valence-electron chi connectivity index (χ4n) is 1.21. The van der Waals surface area contributed by atoms with Gasteiger partial charge >= 0.3 is 6.36 Å². The van der Waals surface area contributed by atoms with Gasteiger partial charge in [-0.1, -0.05) is 30.3 Å². The molecule has 3 nitrogen and oxygen atoms in total. The van der Waals surface area contributed by atoms with Gasteiger partial charge in [-0.2, -0.15) is 12.6 Å². The second-order valence-corrected chi connectivity index (χ2v) is 5.96. The Kier molecular flexibility index (Phi) is 3.54. The zero-order valence-corrected chi connectivity index (χ0v) is 9.97. The van der Waals surface area contributed by atoms with Gasteiger partial charge in [-0.3, -0.25) is 0 Å². The molecule has 0 saturated heterocycles. The smallest absolute Gasteiger partial charge is 0.198 e. The number of halogens is 3. The van der Waals surface area contributed by atoms with Crippen LogP contribution in [0.25, 0.3) is 0 Å². The van der Waals surface area contributed by atoms with Gasteiger partial charge in [-0.15, -0.1) is 13.2 Å². The van der Waals surface area contributed by atoms with Gasteiger partial charge in [0.25, 0.3) is 10.1 Å². The van der Waals surface area contributed by atoms with Crippen molar-refractivity contribution < 1.29 is 25.8 Å². The van der Waals surface area contributed by atoms with Crippen molar-refractivity contribution >= 4 is 10.1 Å². The molecule has 7 heteroatoms. The molecule has 1 aromatic carbocycles. The van der Waals surface area contributed by atoms with Gasteiger partial charge in [0.1, 0.15) is 4.75 Å². The van der Waals surface area contributed by atoms with E-state index in [-0.39, 0.29) is 5.56 Å². The quantitative estimate of drug-likeness (QED) is 0.792. The SMILES string of the molecule is CC(C)(c1ccccc1)S(=O)(=O)OC(F)(F)F. The zero-order valence-electron chi connectivity index (χ0n) is 9.15. The van der Waals surface area contributed by atoms with Crippen LogP contribution in [-0.4, -0.2) is 14.8 Å². The molecule has 0 N–H and O–H groups in total. The van der Waals surface area contributed by atoms with E-state index in [1.807, 2.05) is 0 Å². The van der Waals surface area contributed by atoms with Gasteiger partial charge in [0.15, 0.2) is 0 Å². The van der Waals surface area contributed by atoms with E-state index in [1.165, 1.54) is 12.1 Å². The van der Waals surface area contributed by atoms with Gasteiger partial charge in [0.2, 0.25) is 0 Å². The van der Waals surface area contributed by atoms with Crippen molar-refractivity contribution in [2.75, 3.05) is 0 Å². The summed E-state index contributed by atoms with van der Waals surface area (Å²) in [5.41, 5.74) is 0.226. The summed E-state index contributed by atoms with van der Waals surface area (Å²) in [6.45, 7) is 2.31. The van der Waals surface area contributed by atoms with Crippen molar-refractivity contribution in [3.8, 4) is 0 Å². The monoisotopic (exact) mass is 268 g/mol. The normalized spacial score (nSPS) is 13.7. The fraction of sp³-hybridized carbons (Fsp3) is 0.400. The van der Waals surface area contributed by atoms with Crippen LogP contribution in [0.2, 0.25) is 0 Å². The molecule has 0 aromatic heterocycles. The largest absolute Gasteiger partial charge is 0.537 e. The first kappa shape index (κ1) is 14.0. The lowest BCUT2D eigenvalue weighted by Gasteiger charge is -2.24. The van der Waals surface area contributed by atoms with Crippen LogP contribution in [0.1, 0.15) is 19.4 Å². The molecule has 0 saturated carbocycles. The first-order valence-electron chi connectivity index (χ1n) is 4.64. The molecule has 17 heavy (non-hydrogen) atoms. The molecular weight excluding hydrogens is 257 g/mol. The Hall–Kier alpha value is -1.08. The first-order valence-corrected chi connectivity index (χ1v) is 6.04. The third kappa shape index (κ3) is 3.19. The molecule has 0 aliphatic carbocycles. The lowest BCUT2D eigenvalue weighted by atomic mass is 10.0. The van der Waals surface area contributed by atoms with E-state index in [9.17, 15) is 21.6 Å². The van der Waals surface area contributed by atoms with Crippen LogP contribution in [0.3, 0.4) is 0 Å². The Morgan fingerprint density at radius 1 is 1.06 bits per heavy atom. The highest BCUT2D eigenvalue weighted by Crippen LogP contribution is 2.34. The van der Waals surface area contributed by atoms with E-state index in [1.54, 1.807) is 18.2 Å². The summed E-state index contributed by atoms with van der Waals surface area (Å²) in [5, 5.41) is 0. The van der Waals surface area contributed by atoms with E-state index in [2.05, 4.69) is 4.18 Å². The molecule has 0 heterocycles. The van der Waals surface area contributed by atoms with Crippen molar-refractivity contribution in [3.05, 3.63) is 35.9 Å². The second kappa shape index (κ2) is 4.30. The van der Waals surface area contributed by atoms with E-state index >= 15 is 0 Å². The standard InChI is InChI=1S/C10H11F3O3S/c1-9(2,8-6-4-3-5-7-8)17(14,15)16-10(11,12)13/h3-7H,1-2H3. The van der Waals surface area contributed by atoms with E-state index in [4.69, 9.17) is 0 Å². The van der Waals surface area contributed by atoms with Crippen molar-refractivity contribution in [1.82, 2.24) is 0 Å². The Morgan fingerprint density at radius 2 is 1.53 bits per heavy atom. The maximum Gasteiger partial charge on any atom is 0.537 e. The van der Waals surface area contributed by atoms with Crippen LogP contribution in [0, 0.1) is 0 Å². The molecule has 0 aliphatic heterocycles. The Bertz CT molecular complexity index is 477. The highest BCUT2D eigenvalue weighted by molar-refractivity contribution is 7.87. The van der Waals surface area contributed by atoms with Gasteiger partial charge < -0.3 is 0 Å². The molecule has 0 spiro atoms. The molecule has 96 valence electrons. The van der Waals surface area contributed by atoms with Crippen LogP contribution in [0.5, 0.6) is 0 Å². The van der Waals surface area contributed by atoms with Crippen LogP contribution in [-0.2, 0) is 19.0 Å². The molecule has 0 aliphatic rings. The Labute approximate surface area is 97.3 Å². The minimum Gasteiger partial charge on any atom is -0.198 e. The maximum atomic E-state index is 12.0. The highest BCUT2D eigenvalue weighted by atomic mass is 32.2. The molecule has 1 aromatic rings. The first-order chi connectivity index (χ1) is 7.56. The molecule has 0 bridgehead atoms. The molecule has 0 unspecified atom stereocenters. The summed E-state index contributed by atoms with van der Waals surface area (Å²) >= 11 is 0. The van der Waals surface area contributed by atoms with Crippen LogP contribution in [0.4, 0.5) is 13.2 Å². The van der Waals surface area contributed by atoms with Crippen molar-refractivity contribution in [2.24, 2.45) is 0 Å². The summed E-state index contributed by atoms with van der Waals surface area (Å²) in [6, 6.07) is 7.58. The van der Waals surface area contributed by atoms with E-state index in [0.29, 0.717) is 0 Å². The second-order valence-electron chi connectivity index (χ2n) is 3.86. The maximum absolute atomic E-state index is 12.0. The Morgan fingerprint density at radius 3 is 1.94 bits per heavy atom. The Balaban J connectivity index is 3.15. The lowest BCUT2D eigenvalue weighted by molar-refractivity contribution is -0.272. The van der Waals surface area contributed by atoms with E-state index < -0.39 is 21.2 Å². The summed E-state index contributed by atoms with van der Waals surface area (Å²) in [7, 11) is -4.80. The average Bonchev–Trinajstić information content (AvgIpc) is 2.15. The molecule has 0 atom stereocenters. The molecule has 1 rings (SSSR count). The predicted molar refractivity (Wildman–Crippen MR) is 55.5 cm³/mol. The fourth-order valence-corrected chi connectivity index (χ4v) is 2.09. The van der Waals surface area contributed by atoms with Gasteiger partial charge in [-0.25, -0.2) is 0 Å². The number of alkyl halides is 3. The van der Waals surface area contributed by atoms with Gasteiger partial charge in [-0.05, 0) is 19.4 Å². The summed E-state index contributed by atoms with van der Waals surface area (Å²) in [5.74, 6) is 0. The summed E-state index contributed by atoms with van der Waals surface area (Å²) in [6.07, 6.45) is -5.22. The van der Waals surface area contributed by atoms with Crippen LogP contribution < -0.4 is 0 Å². The number of hydrogen-bond donors (Lipinski definition) is 0. The predicted octanol–water partition coefficient (Wildman–Crippen LogP) is 2.79. The number of rotatable bonds is 3. The van der Waals surface area contributed by atoms with Crippen LogP contribution in [0.15, 0.2) is 30.3 Å². The minimum absolute atomic E-state index is 0.226. The third-order valence-electron chi connectivity index (χ3n) is 2.30. The van der Waals surface area contributed by atoms with Crippen molar-refractivity contribution in [1.29, 1.82) is 0 Å². The molecule has 0 radical (unpaired) electrons. The van der Waals surface area contributed by atoms with Crippen molar-refractivity contribution in [3.63, 3.8) is 0 Å². The van der Waals surface area contributed by atoms with Crippen molar-refractivity contribution in [2.45, 2.75) is 25.0 Å². The third-order valence-corrected chi connectivity index (χ3v) is 4.19. The van der Waals surface area contributed by atoms with Crippen LogP contribution >= 0.6 is 0 Å². The topological polar surface area (TPSA) is 43.4 Å². The molecule has 0 amide bonds. The molecule has 0 fully saturated rings. The number of benzene rings is 1. The van der Waals surface area contributed by atoms with Gasteiger partial charge in [0, 0.05) is 0 Å². The summed E-state index contributed by atoms with van der Waals surface area (Å²) < 4.78 is 60.5. The minimum atomic E-state index is -5.22. The highest BCUT2D eigenvalue weighted by Gasteiger charge is 2.46. The number of hydrogen-bond acceptors (Lipinski definition) is 3. The lowest BCUT2D eigenvalue weighted by Crippen LogP contribution is -2.35. The summed E-state index contributed by atoms with van der Waals surface area (Å²) in [4.78, 5) is 0. The van der Waals surface area contributed by atoms with Gasteiger partial charge in [0.05, 0.1) is 0 Å².